The van der Waals surface area contributed by atoms with E-state index in [2.05, 4.69) is 4.98 Å². The number of rotatable bonds is 5. The SMILES string of the molecule is CC[C@@H](c1cccnc1)N(C)C(=O)CN1CCN(C)C1=O. The van der Waals surface area contributed by atoms with Crippen LogP contribution in [0.2, 0.25) is 0 Å². The van der Waals surface area contributed by atoms with Gasteiger partial charge in [-0.1, -0.05) is 13.0 Å². The van der Waals surface area contributed by atoms with E-state index in [1.165, 1.54) is 0 Å². The van der Waals surface area contributed by atoms with Gasteiger partial charge >= 0.3 is 6.03 Å². The quantitative estimate of drug-likeness (QED) is 0.822. The molecule has 1 aromatic rings. The fourth-order valence-corrected chi connectivity index (χ4v) is 2.60. The average molecular weight is 290 g/mol. The topological polar surface area (TPSA) is 56.8 Å². The molecule has 0 unspecified atom stereocenters. The maximum absolute atomic E-state index is 12.4. The van der Waals surface area contributed by atoms with Gasteiger partial charge in [-0.15, -0.1) is 0 Å². The maximum atomic E-state index is 12.4. The van der Waals surface area contributed by atoms with Crippen molar-refractivity contribution in [3.63, 3.8) is 0 Å². The molecule has 0 bridgehead atoms. The average Bonchev–Trinajstić information content (AvgIpc) is 2.81. The van der Waals surface area contributed by atoms with Crippen molar-refractivity contribution in [3.05, 3.63) is 30.1 Å². The summed E-state index contributed by atoms with van der Waals surface area (Å²) >= 11 is 0. The summed E-state index contributed by atoms with van der Waals surface area (Å²) in [7, 11) is 3.54. The number of hydrogen-bond acceptors (Lipinski definition) is 3. The van der Waals surface area contributed by atoms with Gasteiger partial charge in [-0.25, -0.2) is 4.79 Å². The van der Waals surface area contributed by atoms with Crippen LogP contribution in [-0.4, -0.2) is 65.4 Å². The van der Waals surface area contributed by atoms with Crippen LogP contribution in [0.15, 0.2) is 24.5 Å². The molecule has 1 saturated heterocycles. The van der Waals surface area contributed by atoms with Gasteiger partial charge in [-0.2, -0.15) is 0 Å². The number of urea groups is 1. The first-order chi connectivity index (χ1) is 10.0. The van der Waals surface area contributed by atoms with Crippen LogP contribution in [0.1, 0.15) is 24.9 Å². The first-order valence-electron chi connectivity index (χ1n) is 7.20. The minimum absolute atomic E-state index is 0.0124. The van der Waals surface area contributed by atoms with Crippen LogP contribution in [-0.2, 0) is 4.79 Å². The van der Waals surface area contributed by atoms with Gasteiger partial charge in [0, 0.05) is 39.6 Å². The van der Waals surface area contributed by atoms with Crippen molar-refractivity contribution < 1.29 is 9.59 Å². The summed E-state index contributed by atoms with van der Waals surface area (Å²) < 4.78 is 0. The Morgan fingerprint density at radius 1 is 1.48 bits per heavy atom. The van der Waals surface area contributed by atoms with Crippen molar-refractivity contribution in [2.45, 2.75) is 19.4 Å². The lowest BCUT2D eigenvalue weighted by atomic mass is 10.1. The molecule has 0 radical (unpaired) electrons. The van der Waals surface area contributed by atoms with Gasteiger partial charge < -0.3 is 14.7 Å². The van der Waals surface area contributed by atoms with E-state index in [0.717, 1.165) is 12.0 Å². The third-order valence-corrected chi connectivity index (χ3v) is 3.95. The van der Waals surface area contributed by atoms with E-state index in [0.29, 0.717) is 13.1 Å². The van der Waals surface area contributed by atoms with Gasteiger partial charge in [0.15, 0.2) is 0 Å². The molecule has 1 aliphatic heterocycles. The van der Waals surface area contributed by atoms with Gasteiger partial charge in [0.2, 0.25) is 5.91 Å². The van der Waals surface area contributed by atoms with E-state index in [-0.39, 0.29) is 24.5 Å². The predicted molar refractivity (Wildman–Crippen MR) is 79.6 cm³/mol. The normalized spacial score (nSPS) is 16.2. The number of carbonyl (C=O) groups excluding carboxylic acids is 2. The lowest BCUT2D eigenvalue weighted by Crippen LogP contribution is -2.41. The summed E-state index contributed by atoms with van der Waals surface area (Å²) in [4.78, 5) is 33.3. The number of amides is 3. The Kier molecular flexibility index (Phi) is 4.77. The number of nitrogens with zero attached hydrogens (tertiary/aromatic N) is 4. The first-order valence-corrected chi connectivity index (χ1v) is 7.20. The molecule has 1 atom stereocenters. The Labute approximate surface area is 125 Å². The second kappa shape index (κ2) is 6.56. The summed E-state index contributed by atoms with van der Waals surface area (Å²) in [5.41, 5.74) is 1.01. The molecule has 6 heteroatoms. The van der Waals surface area contributed by atoms with Crippen molar-refractivity contribution in [1.29, 1.82) is 0 Å². The molecule has 0 saturated carbocycles. The second-order valence-corrected chi connectivity index (χ2v) is 5.34. The summed E-state index contributed by atoms with van der Waals surface area (Å²) in [6, 6.07) is 3.75. The Balaban J connectivity index is 2.02. The van der Waals surface area contributed by atoms with Gasteiger partial charge in [0.05, 0.1) is 6.04 Å². The highest BCUT2D eigenvalue weighted by atomic mass is 16.2. The van der Waals surface area contributed by atoms with Crippen LogP contribution in [0.25, 0.3) is 0 Å². The van der Waals surface area contributed by atoms with E-state index < -0.39 is 0 Å². The highest BCUT2D eigenvalue weighted by Gasteiger charge is 2.29. The highest BCUT2D eigenvalue weighted by molar-refractivity contribution is 5.85. The number of likely N-dealkylation sites (N-methyl/N-ethyl adjacent to an activating group) is 2. The van der Waals surface area contributed by atoms with E-state index in [4.69, 9.17) is 0 Å². The molecule has 0 aromatic carbocycles. The fraction of sp³-hybridized carbons (Fsp3) is 0.533. The van der Waals surface area contributed by atoms with Crippen molar-refractivity contribution in [3.8, 4) is 0 Å². The Bertz CT molecular complexity index is 506. The monoisotopic (exact) mass is 290 g/mol. The largest absolute Gasteiger partial charge is 0.337 e. The third-order valence-electron chi connectivity index (χ3n) is 3.95. The molecule has 1 aliphatic rings. The Hall–Kier alpha value is -2.11. The predicted octanol–water partition coefficient (Wildman–Crippen LogP) is 1.36. The standard InChI is InChI=1S/C15H22N4O2/c1-4-13(12-6-5-7-16-10-12)18(3)14(20)11-19-9-8-17(2)15(19)21/h5-7,10,13H,4,8-9,11H2,1-3H3/t13-/m0/s1. The zero-order valence-electron chi connectivity index (χ0n) is 12.8. The zero-order valence-corrected chi connectivity index (χ0v) is 12.8. The van der Waals surface area contributed by atoms with Crippen molar-refractivity contribution >= 4 is 11.9 Å². The second-order valence-electron chi connectivity index (χ2n) is 5.34. The van der Waals surface area contributed by atoms with Crippen molar-refractivity contribution in [1.82, 2.24) is 19.7 Å². The highest BCUT2D eigenvalue weighted by Crippen LogP contribution is 2.22. The third kappa shape index (κ3) is 3.32. The molecule has 0 N–H and O–H groups in total. The maximum Gasteiger partial charge on any atom is 0.320 e. The van der Waals surface area contributed by atoms with Crippen LogP contribution in [0.3, 0.4) is 0 Å². The minimum atomic E-state index is -0.0776. The van der Waals surface area contributed by atoms with Crippen LogP contribution in [0.5, 0.6) is 0 Å². The molecule has 6 nitrogen and oxygen atoms in total. The van der Waals surface area contributed by atoms with Gasteiger partial charge in [-0.3, -0.25) is 9.78 Å². The van der Waals surface area contributed by atoms with E-state index in [1.807, 2.05) is 19.1 Å². The molecule has 0 spiro atoms. The van der Waals surface area contributed by atoms with Gasteiger partial charge in [-0.05, 0) is 18.1 Å². The molecule has 2 rings (SSSR count). The van der Waals surface area contributed by atoms with Crippen LogP contribution < -0.4 is 0 Å². The molecular weight excluding hydrogens is 268 g/mol. The van der Waals surface area contributed by atoms with Crippen LogP contribution in [0, 0.1) is 0 Å². The summed E-state index contributed by atoms with van der Waals surface area (Å²) in [5.74, 6) is -0.0469. The summed E-state index contributed by atoms with van der Waals surface area (Å²) in [6.45, 7) is 3.46. The van der Waals surface area contributed by atoms with E-state index in [9.17, 15) is 9.59 Å². The van der Waals surface area contributed by atoms with Crippen molar-refractivity contribution in [2.24, 2.45) is 0 Å². The lowest BCUT2D eigenvalue weighted by molar-refractivity contribution is -0.132. The molecule has 114 valence electrons. The smallest absolute Gasteiger partial charge is 0.320 e. The molecule has 0 aliphatic carbocycles. The molecule has 1 aromatic heterocycles. The summed E-state index contributed by atoms with van der Waals surface area (Å²) in [5, 5.41) is 0. The van der Waals surface area contributed by atoms with Gasteiger partial charge in [0.1, 0.15) is 6.54 Å². The lowest BCUT2D eigenvalue weighted by Gasteiger charge is -2.29. The number of aromatic nitrogens is 1. The molecule has 1 fully saturated rings. The molecule has 3 amide bonds. The first kappa shape index (κ1) is 15.3. The number of pyridine rings is 1. The Morgan fingerprint density at radius 3 is 2.76 bits per heavy atom. The van der Waals surface area contributed by atoms with E-state index >= 15 is 0 Å². The summed E-state index contributed by atoms with van der Waals surface area (Å²) in [6.07, 6.45) is 4.31. The minimum Gasteiger partial charge on any atom is -0.337 e. The van der Waals surface area contributed by atoms with E-state index in [1.54, 1.807) is 41.2 Å². The fourth-order valence-electron chi connectivity index (χ4n) is 2.60. The number of carbonyl (C=O) groups is 2. The van der Waals surface area contributed by atoms with Crippen LogP contribution in [0.4, 0.5) is 4.79 Å². The molecular formula is C15H22N4O2. The van der Waals surface area contributed by atoms with Gasteiger partial charge in [0.25, 0.3) is 0 Å². The Morgan fingerprint density at radius 2 is 2.24 bits per heavy atom. The molecule has 21 heavy (non-hydrogen) atoms. The molecule has 2 heterocycles. The van der Waals surface area contributed by atoms with Crippen LogP contribution >= 0.6 is 0 Å². The zero-order chi connectivity index (χ0) is 15.4. The number of hydrogen-bond donors (Lipinski definition) is 0. The van der Waals surface area contributed by atoms with Crippen molar-refractivity contribution in [2.75, 3.05) is 33.7 Å².